The highest BCUT2D eigenvalue weighted by Crippen LogP contribution is 2.67. The molecule has 56 heavy (non-hydrogen) atoms. The van der Waals surface area contributed by atoms with Crippen LogP contribution in [-0.2, 0) is 20.8 Å². The molecule has 1 aromatic heterocycles. The first-order valence-electron chi connectivity index (χ1n) is 22.3. The van der Waals surface area contributed by atoms with Gasteiger partial charge in [-0.15, -0.1) is 0 Å². The number of hydrogen-bond donors (Lipinski definition) is 1. The third kappa shape index (κ3) is 6.96. The number of benzene rings is 1. The highest BCUT2D eigenvalue weighted by Gasteiger charge is 2.61. The van der Waals surface area contributed by atoms with Gasteiger partial charge in [0.25, 0.3) is 0 Å². The zero-order valence-electron chi connectivity index (χ0n) is 34.8. The summed E-state index contributed by atoms with van der Waals surface area (Å²) >= 11 is 0. The van der Waals surface area contributed by atoms with Crippen LogP contribution in [0.2, 0.25) is 0 Å². The number of aromatic nitrogens is 3. The molecule has 8 rings (SSSR count). The second-order valence-electron chi connectivity index (χ2n) is 19.8. The van der Waals surface area contributed by atoms with Crippen LogP contribution in [-0.4, -0.2) is 45.6 Å². The van der Waals surface area contributed by atoms with Crippen molar-refractivity contribution < 1.29 is 19.0 Å². The van der Waals surface area contributed by atoms with Crippen LogP contribution in [0, 0.1) is 45.3 Å². The minimum atomic E-state index is -0.826. The molecule has 308 valence electrons. The fourth-order valence-electron chi connectivity index (χ4n) is 13.6. The molecular weight excluding hydrogens is 705 g/mol. The van der Waals surface area contributed by atoms with Crippen molar-refractivity contribution in [2.45, 2.75) is 162 Å². The van der Waals surface area contributed by atoms with E-state index >= 15 is 0 Å². The first-order valence-corrected chi connectivity index (χ1v) is 22.3. The van der Waals surface area contributed by atoms with E-state index in [0.29, 0.717) is 28.4 Å². The number of nitrogens with zero attached hydrogens (tertiary/aromatic N) is 3. The van der Waals surface area contributed by atoms with Crippen LogP contribution in [0.1, 0.15) is 144 Å². The molecule has 4 aliphatic carbocycles. The maximum Gasteiger partial charge on any atom is 0.409 e. The average Bonchev–Trinajstić information content (AvgIpc) is 3.74. The maximum absolute atomic E-state index is 13.7. The minimum absolute atomic E-state index is 0.00188. The molecule has 0 bridgehead atoms. The van der Waals surface area contributed by atoms with E-state index in [4.69, 9.17) is 14.2 Å². The molecule has 10 nitrogen and oxygen atoms in total. The number of fused-ring (bicyclic) bond motifs is 3. The summed E-state index contributed by atoms with van der Waals surface area (Å²) in [4.78, 5) is 40.7. The molecule has 10 heteroatoms. The number of hydrogen-bond acceptors (Lipinski definition) is 6. The van der Waals surface area contributed by atoms with Crippen LogP contribution < -0.4 is 16.7 Å². The summed E-state index contributed by atoms with van der Waals surface area (Å²) in [5.74, 6) is 2.57. The monoisotopic (exact) mass is 773 g/mol. The molecule has 5 fully saturated rings. The van der Waals surface area contributed by atoms with Gasteiger partial charge in [-0.2, -0.15) is 0 Å². The smallest absolute Gasteiger partial charge is 0.409 e. The van der Waals surface area contributed by atoms with Gasteiger partial charge < -0.3 is 14.2 Å². The van der Waals surface area contributed by atoms with Gasteiger partial charge in [0.1, 0.15) is 12.3 Å². The highest BCUT2D eigenvalue weighted by molar-refractivity contribution is 5.68. The van der Waals surface area contributed by atoms with Crippen molar-refractivity contribution in [3.63, 3.8) is 0 Å². The Hall–Kier alpha value is -3.11. The van der Waals surface area contributed by atoms with Crippen molar-refractivity contribution in [2.24, 2.45) is 45.3 Å². The molecule has 10 atom stereocenters. The van der Waals surface area contributed by atoms with Crippen molar-refractivity contribution in [1.82, 2.24) is 19.2 Å². The van der Waals surface area contributed by atoms with Crippen molar-refractivity contribution in [1.29, 1.82) is 0 Å². The first-order chi connectivity index (χ1) is 26.9. The van der Waals surface area contributed by atoms with Crippen LogP contribution in [0.15, 0.2) is 52.1 Å². The van der Waals surface area contributed by atoms with E-state index in [1.807, 2.05) is 12.1 Å². The van der Waals surface area contributed by atoms with Gasteiger partial charge in [0.05, 0.1) is 18.8 Å². The quantitative estimate of drug-likeness (QED) is 0.242. The third-order valence-corrected chi connectivity index (χ3v) is 16.7. The Morgan fingerprint density at radius 1 is 0.893 bits per heavy atom. The molecular formula is C46H68N4O6. The second kappa shape index (κ2) is 15.6. The highest BCUT2D eigenvalue weighted by atomic mass is 16.7. The molecule has 1 N–H and O–H groups in total. The fraction of sp³-hybridized carbons (Fsp3) is 0.761. The number of nitrogens with one attached hydrogen (secondary N) is 1. The Morgan fingerprint density at radius 3 is 2.43 bits per heavy atom. The van der Waals surface area contributed by atoms with Gasteiger partial charge in [-0.05, 0) is 135 Å². The molecule has 6 aliphatic rings. The van der Waals surface area contributed by atoms with Crippen LogP contribution in [0.4, 0.5) is 4.79 Å². The Balaban J connectivity index is 0.948. The summed E-state index contributed by atoms with van der Waals surface area (Å²) in [6.07, 6.45) is 21.3. The Bertz CT molecular complexity index is 1860. The molecule has 1 amide bonds. The van der Waals surface area contributed by atoms with Crippen LogP contribution in [0.25, 0.3) is 5.69 Å². The lowest BCUT2D eigenvalue weighted by Gasteiger charge is -2.64. The van der Waals surface area contributed by atoms with E-state index in [0.717, 1.165) is 61.7 Å². The zero-order chi connectivity index (χ0) is 39.3. The minimum Gasteiger partial charge on any atom is -0.446 e. The van der Waals surface area contributed by atoms with Gasteiger partial charge in [0, 0.05) is 12.0 Å². The number of ether oxygens (including phenoxy) is 3. The number of para-hydroxylation sites is 1. The molecule has 2 aliphatic heterocycles. The van der Waals surface area contributed by atoms with Gasteiger partial charge in [-0.3, -0.25) is 5.32 Å². The number of alkyl carbamates (subject to hydrolysis) is 1. The topological polar surface area (TPSA) is 106 Å². The lowest BCUT2D eigenvalue weighted by atomic mass is 9.41. The van der Waals surface area contributed by atoms with Crippen molar-refractivity contribution in [3.05, 3.63) is 63.5 Å². The molecule has 1 saturated heterocycles. The molecule has 4 saturated carbocycles. The lowest BCUT2D eigenvalue weighted by Crippen LogP contribution is -2.59. The van der Waals surface area contributed by atoms with Crippen LogP contribution in [0.5, 0.6) is 0 Å². The van der Waals surface area contributed by atoms with E-state index < -0.39 is 23.6 Å². The predicted molar refractivity (Wildman–Crippen MR) is 217 cm³/mol. The number of allylic oxidation sites excluding steroid dienone is 1. The summed E-state index contributed by atoms with van der Waals surface area (Å²) in [5.41, 5.74) is 0.123. The largest absolute Gasteiger partial charge is 0.446 e. The second-order valence-corrected chi connectivity index (χ2v) is 19.8. The van der Waals surface area contributed by atoms with Gasteiger partial charge in [0.15, 0.2) is 6.29 Å². The molecule has 6 unspecified atom stereocenters. The Kier molecular flexibility index (Phi) is 11.0. The number of rotatable bonds is 10. The Morgan fingerprint density at radius 2 is 1.68 bits per heavy atom. The van der Waals surface area contributed by atoms with E-state index in [-0.39, 0.29) is 29.8 Å². The molecule has 0 spiro atoms. The third-order valence-electron chi connectivity index (χ3n) is 16.7. The average molecular weight is 773 g/mol. The maximum atomic E-state index is 13.7. The molecule has 1 aromatic carbocycles. The summed E-state index contributed by atoms with van der Waals surface area (Å²) in [6.45, 7) is 14.2. The van der Waals surface area contributed by atoms with E-state index in [1.165, 1.54) is 80.0 Å². The Labute approximate surface area is 333 Å². The van der Waals surface area contributed by atoms with Crippen molar-refractivity contribution >= 4 is 6.09 Å². The van der Waals surface area contributed by atoms with E-state index in [2.05, 4.69) is 39.9 Å². The van der Waals surface area contributed by atoms with Crippen LogP contribution >= 0.6 is 0 Å². The summed E-state index contributed by atoms with van der Waals surface area (Å²) in [7, 11) is 0. The van der Waals surface area contributed by atoms with Crippen LogP contribution in [0.3, 0.4) is 0 Å². The van der Waals surface area contributed by atoms with E-state index in [9.17, 15) is 14.4 Å². The van der Waals surface area contributed by atoms with Gasteiger partial charge in [-0.25, -0.2) is 28.3 Å². The normalized spacial score (nSPS) is 37.6. The summed E-state index contributed by atoms with van der Waals surface area (Å²) in [6, 6.07) is 8.90. The van der Waals surface area contributed by atoms with Crippen molar-refractivity contribution in [2.75, 3.05) is 13.2 Å². The zero-order valence-corrected chi connectivity index (χ0v) is 34.8. The summed E-state index contributed by atoms with van der Waals surface area (Å²) in [5, 5.41) is 2.94. The SMILES string of the molecule is CC[C@]1(C)CCC2C(C)(C)[C@@H](OC(=O)NC3C=CCn4c(=O)n(-c5ccccc5)c(=O)n43)CC[C@]2(C)C1CCC1CCC[C@@]2(COC3CCCCO3)CCCC12. The number of amides is 1. The lowest BCUT2D eigenvalue weighted by molar-refractivity contribution is -0.189. The fourth-order valence-corrected chi connectivity index (χ4v) is 13.6. The standard InChI is InChI=1S/C46H68N4O6/c1-6-44(4)27-23-35-43(2,3)37(56-40(51)47-38-19-14-29-48-41(52)49(42(53)50(38)48)33-16-8-7-9-17-33)24-28-45(35,5)36(44)22-21-32-15-12-25-46(26-13-18-34(32)46)31-55-39-20-10-11-30-54-39/h7-9,14,16-17,19,32,34-39H,6,10-13,15,18,20-31H2,1-5H3,(H,47,51)/t32?,34?,35?,36?,37-,38?,39?,44+,45-,46-/m0/s1. The molecule has 2 aromatic rings. The van der Waals surface area contributed by atoms with Crippen molar-refractivity contribution in [3.8, 4) is 5.69 Å². The molecule has 3 heterocycles. The number of carbonyl (C=O) groups is 1. The number of carbonyl (C=O) groups excluding carboxylic acids is 1. The van der Waals surface area contributed by atoms with E-state index in [1.54, 1.807) is 30.3 Å². The van der Waals surface area contributed by atoms with Gasteiger partial charge in [0.2, 0.25) is 0 Å². The van der Waals surface area contributed by atoms with Gasteiger partial charge >= 0.3 is 17.5 Å². The van der Waals surface area contributed by atoms with Gasteiger partial charge in [-0.1, -0.05) is 84.6 Å². The first kappa shape index (κ1) is 39.7. The predicted octanol–water partition coefficient (Wildman–Crippen LogP) is 9.14. The summed E-state index contributed by atoms with van der Waals surface area (Å²) < 4.78 is 22.8. The molecule has 0 radical (unpaired) electrons.